The molecule has 0 unspecified atom stereocenters. The Bertz CT molecular complexity index is 1570. The fraction of sp³-hybridized carbons (Fsp3) is 0.192. The van der Waals surface area contributed by atoms with Gasteiger partial charge in [-0.25, -0.2) is 9.97 Å². The van der Waals surface area contributed by atoms with Gasteiger partial charge >= 0.3 is 0 Å². The molecule has 0 spiro atoms. The molecule has 0 bridgehead atoms. The zero-order valence-electron chi connectivity index (χ0n) is 19.7. The molecule has 3 N–H and O–H groups in total. The lowest BCUT2D eigenvalue weighted by Crippen LogP contribution is -2.27. The Labute approximate surface area is 201 Å². The molecule has 0 amide bonds. The van der Waals surface area contributed by atoms with Crippen molar-refractivity contribution in [3.63, 3.8) is 0 Å². The SMILES string of the molecule is CC[C@H](Nc1ncnc(N)c1-c1nnc(C)o1)c1cc2cccc(C)c2c(=O)n1-c1ccccc1. The maximum atomic E-state index is 13.8. The Morgan fingerprint density at radius 3 is 2.57 bits per heavy atom. The Morgan fingerprint density at radius 2 is 1.86 bits per heavy atom. The lowest BCUT2D eigenvalue weighted by molar-refractivity contribution is 0.532. The van der Waals surface area contributed by atoms with Crippen LogP contribution >= 0.6 is 0 Å². The van der Waals surface area contributed by atoms with E-state index in [1.165, 1.54) is 6.33 Å². The summed E-state index contributed by atoms with van der Waals surface area (Å²) >= 11 is 0. The number of rotatable bonds is 6. The van der Waals surface area contributed by atoms with E-state index < -0.39 is 0 Å². The van der Waals surface area contributed by atoms with Crippen molar-refractivity contribution in [1.29, 1.82) is 0 Å². The maximum Gasteiger partial charge on any atom is 0.263 e. The molecular formula is C26H25N7O2. The maximum absolute atomic E-state index is 13.8. The quantitative estimate of drug-likeness (QED) is 0.371. The highest BCUT2D eigenvalue weighted by Gasteiger charge is 2.23. The van der Waals surface area contributed by atoms with Crippen LogP contribution in [0.5, 0.6) is 0 Å². The summed E-state index contributed by atoms with van der Waals surface area (Å²) in [5, 5.41) is 13.1. The number of nitrogens with zero attached hydrogens (tertiary/aromatic N) is 5. The molecular weight excluding hydrogens is 442 g/mol. The topological polar surface area (TPSA) is 125 Å². The van der Waals surface area contributed by atoms with Crippen LogP contribution in [0.2, 0.25) is 0 Å². The highest BCUT2D eigenvalue weighted by molar-refractivity contribution is 5.86. The number of hydrogen-bond donors (Lipinski definition) is 2. The van der Waals surface area contributed by atoms with Gasteiger partial charge in [0, 0.05) is 18.3 Å². The molecule has 2 aromatic carbocycles. The van der Waals surface area contributed by atoms with Gasteiger partial charge < -0.3 is 15.5 Å². The molecule has 3 aromatic heterocycles. The molecule has 5 rings (SSSR count). The monoisotopic (exact) mass is 467 g/mol. The van der Waals surface area contributed by atoms with Crippen LogP contribution < -0.4 is 16.6 Å². The van der Waals surface area contributed by atoms with Gasteiger partial charge in [0.2, 0.25) is 5.89 Å². The van der Waals surface area contributed by atoms with Gasteiger partial charge in [-0.2, -0.15) is 0 Å². The lowest BCUT2D eigenvalue weighted by atomic mass is 10.0. The van der Waals surface area contributed by atoms with Crippen LogP contribution in [0.4, 0.5) is 11.6 Å². The number of benzene rings is 2. The molecule has 0 aliphatic heterocycles. The van der Waals surface area contributed by atoms with Crippen LogP contribution in [0.15, 0.2) is 70.1 Å². The van der Waals surface area contributed by atoms with Crippen molar-refractivity contribution >= 4 is 22.4 Å². The smallest absolute Gasteiger partial charge is 0.263 e. The zero-order valence-corrected chi connectivity index (χ0v) is 19.7. The standard InChI is InChI=1S/C26H25N7O2/c1-4-19(30-24-22(23(27)28-14-29-24)25-32-31-16(3)35-25)20-13-17-10-8-9-15(2)21(17)26(34)33(20)18-11-6-5-7-12-18/h5-14,19H,4H2,1-3H3,(H3,27,28,29,30)/t19-/m0/s1. The lowest BCUT2D eigenvalue weighted by Gasteiger charge is -2.24. The first kappa shape index (κ1) is 22.3. The molecule has 3 heterocycles. The van der Waals surface area contributed by atoms with Crippen LogP contribution in [0.1, 0.15) is 36.5 Å². The second-order valence-electron chi connectivity index (χ2n) is 8.30. The van der Waals surface area contributed by atoms with Crippen molar-refractivity contribution in [2.75, 3.05) is 11.1 Å². The number of anilines is 2. The number of nitrogens with one attached hydrogen (secondary N) is 1. The van der Waals surface area contributed by atoms with Gasteiger partial charge in [-0.05, 0) is 42.5 Å². The van der Waals surface area contributed by atoms with E-state index in [9.17, 15) is 4.79 Å². The third-order valence-corrected chi connectivity index (χ3v) is 5.99. The fourth-order valence-corrected chi connectivity index (χ4v) is 4.32. The highest BCUT2D eigenvalue weighted by atomic mass is 16.4. The second-order valence-corrected chi connectivity index (χ2v) is 8.30. The van der Waals surface area contributed by atoms with Crippen molar-refractivity contribution in [1.82, 2.24) is 24.7 Å². The average Bonchev–Trinajstić information content (AvgIpc) is 3.28. The minimum absolute atomic E-state index is 0.0722. The second kappa shape index (κ2) is 9.02. The number of aromatic nitrogens is 5. The van der Waals surface area contributed by atoms with Gasteiger partial charge in [0.05, 0.1) is 11.4 Å². The Balaban J connectivity index is 1.71. The molecule has 0 saturated carbocycles. The van der Waals surface area contributed by atoms with E-state index in [4.69, 9.17) is 10.2 Å². The summed E-state index contributed by atoms with van der Waals surface area (Å²) in [7, 11) is 0. The normalized spacial score (nSPS) is 12.1. The number of pyridine rings is 1. The van der Waals surface area contributed by atoms with Crippen molar-refractivity contribution in [2.24, 2.45) is 0 Å². The number of hydrogen-bond acceptors (Lipinski definition) is 8. The molecule has 9 heteroatoms. The number of para-hydroxylation sites is 1. The van der Waals surface area contributed by atoms with Crippen molar-refractivity contribution in [3.05, 3.63) is 88.4 Å². The third-order valence-electron chi connectivity index (χ3n) is 5.99. The summed E-state index contributed by atoms with van der Waals surface area (Å²) in [5.74, 6) is 1.30. The molecule has 5 aromatic rings. The molecule has 1 atom stereocenters. The summed E-state index contributed by atoms with van der Waals surface area (Å²) in [5.41, 5.74) is 9.05. The Kier molecular flexibility index (Phi) is 5.74. The van der Waals surface area contributed by atoms with E-state index in [1.54, 1.807) is 11.5 Å². The molecule has 176 valence electrons. The van der Waals surface area contributed by atoms with Gasteiger partial charge in [-0.1, -0.05) is 43.3 Å². The number of aryl methyl sites for hydroxylation is 2. The fourth-order valence-electron chi connectivity index (χ4n) is 4.32. The summed E-state index contributed by atoms with van der Waals surface area (Å²) in [6, 6.07) is 17.3. The van der Waals surface area contributed by atoms with Crippen LogP contribution in [0.25, 0.3) is 27.9 Å². The number of nitrogen functional groups attached to an aromatic ring is 1. The van der Waals surface area contributed by atoms with Crippen LogP contribution in [0, 0.1) is 13.8 Å². The van der Waals surface area contributed by atoms with Gasteiger partial charge in [0.25, 0.3) is 11.4 Å². The van der Waals surface area contributed by atoms with E-state index in [1.807, 2.05) is 62.4 Å². The van der Waals surface area contributed by atoms with E-state index in [0.29, 0.717) is 29.1 Å². The summed E-state index contributed by atoms with van der Waals surface area (Å²) < 4.78 is 7.38. The first-order chi connectivity index (χ1) is 17.0. The molecule has 0 fully saturated rings. The molecule has 35 heavy (non-hydrogen) atoms. The van der Waals surface area contributed by atoms with E-state index in [2.05, 4.69) is 31.5 Å². The van der Waals surface area contributed by atoms with Crippen LogP contribution in [0.3, 0.4) is 0 Å². The van der Waals surface area contributed by atoms with Gasteiger partial charge in [0.1, 0.15) is 23.5 Å². The Hall–Kier alpha value is -4.53. The number of nitrogens with two attached hydrogens (primary N) is 1. The predicted octanol–water partition coefficient (Wildman–Crippen LogP) is 4.59. The molecule has 0 aliphatic carbocycles. The third kappa shape index (κ3) is 4.01. The van der Waals surface area contributed by atoms with Crippen molar-refractivity contribution in [3.8, 4) is 17.1 Å². The summed E-state index contributed by atoms with van der Waals surface area (Å²) in [6.45, 7) is 5.70. The van der Waals surface area contributed by atoms with Crippen molar-refractivity contribution in [2.45, 2.75) is 33.2 Å². The van der Waals surface area contributed by atoms with Gasteiger partial charge in [0.15, 0.2) is 0 Å². The van der Waals surface area contributed by atoms with E-state index >= 15 is 0 Å². The molecule has 0 radical (unpaired) electrons. The van der Waals surface area contributed by atoms with Gasteiger partial charge in [-0.15, -0.1) is 10.2 Å². The van der Waals surface area contributed by atoms with E-state index in [0.717, 1.165) is 22.3 Å². The Morgan fingerprint density at radius 1 is 1.06 bits per heavy atom. The highest BCUT2D eigenvalue weighted by Crippen LogP contribution is 2.33. The van der Waals surface area contributed by atoms with Crippen LogP contribution in [-0.4, -0.2) is 24.7 Å². The molecule has 0 saturated heterocycles. The largest absolute Gasteiger partial charge is 0.421 e. The minimum Gasteiger partial charge on any atom is -0.421 e. The minimum atomic E-state index is -0.287. The average molecular weight is 468 g/mol. The predicted molar refractivity (Wildman–Crippen MR) is 135 cm³/mol. The van der Waals surface area contributed by atoms with Crippen molar-refractivity contribution < 1.29 is 4.42 Å². The molecule has 0 aliphatic rings. The van der Waals surface area contributed by atoms with Crippen LogP contribution in [-0.2, 0) is 0 Å². The summed E-state index contributed by atoms with van der Waals surface area (Å²) in [4.78, 5) is 22.4. The zero-order chi connectivity index (χ0) is 24.5. The molecule has 9 nitrogen and oxygen atoms in total. The first-order valence-electron chi connectivity index (χ1n) is 11.4. The summed E-state index contributed by atoms with van der Waals surface area (Å²) in [6.07, 6.45) is 2.04. The number of fused-ring (bicyclic) bond motifs is 1. The first-order valence-corrected chi connectivity index (χ1v) is 11.4. The van der Waals surface area contributed by atoms with Gasteiger partial charge in [-0.3, -0.25) is 9.36 Å². The van der Waals surface area contributed by atoms with E-state index in [-0.39, 0.29) is 23.3 Å².